The van der Waals surface area contributed by atoms with Gasteiger partial charge in [0.1, 0.15) is 24.1 Å². The van der Waals surface area contributed by atoms with Gasteiger partial charge in [-0.2, -0.15) is 0 Å². The first-order valence-corrected chi connectivity index (χ1v) is 12.8. The number of benzene rings is 3. The molecule has 0 saturated carbocycles. The predicted octanol–water partition coefficient (Wildman–Crippen LogP) is 6.12. The number of hydrogen-bond donors (Lipinski definition) is 0. The molecule has 2 atom stereocenters. The number of hydrogen-bond acceptors (Lipinski definition) is 7. The largest absolute Gasteiger partial charge is 0.489 e. The van der Waals surface area contributed by atoms with Crippen molar-refractivity contribution in [1.82, 2.24) is 4.90 Å². The van der Waals surface area contributed by atoms with E-state index in [9.17, 15) is 19.7 Å². The number of esters is 1. The smallest absolute Gasteiger partial charge is 0.410 e. The Bertz CT molecular complexity index is 1290. The molecule has 204 valence electrons. The van der Waals surface area contributed by atoms with Crippen molar-refractivity contribution in [3.63, 3.8) is 0 Å². The van der Waals surface area contributed by atoms with Gasteiger partial charge < -0.3 is 19.1 Å². The van der Waals surface area contributed by atoms with Gasteiger partial charge >= 0.3 is 12.1 Å². The van der Waals surface area contributed by atoms with Gasteiger partial charge in [-0.1, -0.05) is 42.5 Å². The maximum absolute atomic E-state index is 13.0. The van der Waals surface area contributed by atoms with Gasteiger partial charge in [-0.3, -0.25) is 10.1 Å². The normalized spacial score (nSPS) is 17.3. The summed E-state index contributed by atoms with van der Waals surface area (Å²) in [5, 5.41) is 11.0. The number of carbonyl (C=O) groups excluding carboxylic acids is 2. The first-order chi connectivity index (χ1) is 18.6. The molecule has 39 heavy (non-hydrogen) atoms. The standard InChI is InChI=1S/C30H32N2O7/c1-30(2,3)39-29(34)31-18-17-26(22-11-15-25(16-12-22)37-20-21-7-5-4-6-8-21)27(19-31)38-28(33)23-9-13-24(14-10-23)32(35)36/h4-16,26-27H,17-20H2,1-3H3. The average Bonchev–Trinajstić information content (AvgIpc) is 2.92. The lowest BCUT2D eigenvalue weighted by molar-refractivity contribution is -0.384. The second kappa shape index (κ2) is 12.0. The molecule has 1 aliphatic rings. The Morgan fingerprint density at radius 2 is 1.64 bits per heavy atom. The third kappa shape index (κ3) is 7.56. The lowest BCUT2D eigenvalue weighted by atomic mass is 9.87. The van der Waals surface area contributed by atoms with Crippen molar-refractivity contribution >= 4 is 17.7 Å². The summed E-state index contributed by atoms with van der Waals surface area (Å²) in [4.78, 5) is 37.8. The molecule has 0 aliphatic carbocycles. The number of nitro benzene ring substituents is 1. The van der Waals surface area contributed by atoms with Crippen LogP contribution in [0.1, 0.15) is 54.6 Å². The fraction of sp³-hybridized carbons (Fsp3) is 0.333. The zero-order valence-electron chi connectivity index (χ0n) is 22.2. The fourth-order valence-corrected chi connectivity index (χ4v) is 4.39. The number of rotatable bonds is 7. The topological polar surface area (TPSA) is 108 Å². The lowest BCUT2D eigenvalue weighted by Gasteiger charge is -2.38. The molecule has 3 aromatic carbocycles. The molecular formula is C30H32N2O7. The molecule has 0 N–H and O–H groups in total. The quantitative estimate of drug-likeness (QED) is 0.205. The molecular weight excluding hydrogens is 500 g/mol. The summed E-state index contributed by atoms with van der Waals surface area (Å²) >= 11 is 0. The zero-order valence-corrected chi connectivity index (χ0v) is 22.2. The van der Waals surface area contributed by atoms with Crippen LogP contribution in [0.5, 0.6) is 5.75 Å². The van der Waals surface area contributed by atoms with Gasteiger partial charge in [0.15, 0.2) is 0 Å². The minimum absolute atomic E-state index is 0.118. The number of likely N-dealkylation sites (tertiary alicyclic amines) is 1. The van der Waals surface area contributed by atoms with E-state index < -0.39 is 28.7 Å². The summed E-state index contributed by atoms with van der Waals surface area (Å²) < 4.78 is 17.3. The van der Waals surface area contributed by atoms with Crippen molar-refractivity contribution < 1.29 is 28.7 Å². The van der Waals surface area contributed by atoms with Crippen molar-refractivity contribution in [2.45, 2.75) is 51.4 Å². The second-order valence-electron chi connectivity index (χ2n) is 10.4. The number of non-ortho nitro benzene ring substituents is 1. The van der Waals surface area contributed by atoms with Crippen LogP contribution in [0.15, 0.2) is 78.9 Å². The molecule has 1 fully saturated rings. The molecule has 3 aromatic rings. The van der Waals surface area contributed by atoms with E-state index >= 15 is 0 Å². The van der Waals surface area contributed by atoms with E-state index in [0.717, 1.165) is 11.1 Å². The molecule has 4 rings (SSSR count). The maximum atomic E-state index is 13.0. The average molecular weight is 533 g/mol. The van der Waals surface area contributed by atoms with Gasteiger partial charge in [-0.05, 0) is 62.6 Å². The monoisotopic (exact) mass is 532 g/mol. The van der Waals surface area contributed by atoms with Crippen LogP contribution in [0, 0.1) is 10.1 Å². The van der Waals surface area contributed by atoms with E-state index in [1.807, 2.05) is 54.6 Å². The number of carbonyl (C=O) groups is 2. The van der Waals surface area contributed by atoms with E-state index in [-0.39, 0.29) is 23.7 Å². The van der Waals surface area contributed by atoms with Crippen LogP contribution < -0.4 is 4.74 Å². The van der Waals surface area contributed by atoms with Gasteiger partial charge in [0, 0.05) is 24.6 Å². The third-order valence-corrected chi connectivity index (χ3v) is 6.34. The molecule has 9 nitrogen and oxygen atoms in total. The molecule has 2 unspecified atom stereocenters. The number of nitrogens with zero attached hydrogens (tertiary/aromatic N) is 2. The molecule has 0 aromatic heterocycles. The van der Waals surface area contributed by atoms with Crippen LogP contribution in [-0.2, 0) is 16.1 Å². The minimum atomic E-state index is -0.658. The van der Waals surface area contributed by atoms with E-state index in [1.165, 1.54) is 24.3 Å². The van der Waals surface area contributed by atoms with Gasteiger partial charge in [0.05, 0.1) is 17.0 Å². The van der Waals surface area contributed by atoms with Crippen LogP contribution in [0.4, 0.5) is 10.5 Å². The van der Waals surface area contributed by atoms with Crippen molar-refractivity contribution in [2.75, 3.05) is 13.1 Å². The number of ether oxygens (including phenoxy) is 3. The van der Waals surface area contributed by atoms with Gasteiger partial charge in [0.2, 0.25) is 0 Å². The van der Waals surface area contributed by atoms with E-state index in [2.05, 4.69) is 0 Å². The van der Waals surface area contributed by atoms with Gasteiger partial charge in [0.25, 0.3) is 5.69 Å². The highest BCUT2D eigenvalue weighted by molar-refractivity contribution is 5.89. The molecule has 1 aliphatic heterocycles. The minimum Gasteiger partial charge on any atom is -0.489 e. The molecule has 1 amide bonds. The Labute approximate surface area is 227 Å². The fourth-order valence-electron chi connectivity index (χ4n) is 4.39. The first-order valence-electron chi connectivity index (χ1n) is 12.8. The lowest BCUT2D eigenvalue weighted by Crippen LogP contribution is -2.49. The SMILES string of the molecule is CC(C)(C)OC(=O)N1CCC(c2ccc(OCc3ccccc3)cc2)C(OC(=O)c2ccc([N+](=O)[O-])cc2)C1. The van der Waals surface area contributed by atoms with Crippen LogP contribution in [0.2, 0.25) is 0 Å². The highest BCUT2D eigenvalue weighted by atomic mass is 16.6. The second-order valence-corrected chi connectivity index (χ2v) is 10.4. The summed E-state index contributed by atoms with van der Waals surface area (Å²) in [6.45, 7) is 6.44. The molecule has 9 heteroatoms. The van der Waals surface area contributed by atoms with Crippen LogP contribution in [0.25, 0.3) is 0 Å². The number of amides is 1. The Balaban J connectivity index is 1.49. The highest BCUT2D eigenvalue weighted by Crippen LogP contribution is 2.33. The first kappa shape index (κ1) is 27.6. The van der Waals surface area contributed by atoms with Crippen LogP contribution >= 0.6 is 0 Å². The Morgan fingerprint density at radius 1 is 0.974 bits per heavy atom. The van der Waals surface area contributed by atoms with Crippen LogP contribution in [-0.4, -0.2) is 46.7 Å². The number of nitro groups is 1. The van der Waals surface area contributed by atoms with Crippen molar-refractivity contribution in [3.8, 4) is 5.75 Å². The van der Waals surface area contributed by atoms with E-state index in [0.29, 0.717) is 25.3 Å². The van der Waals surface area contributed by atoms with E-state index in [1.54, 1.807) is 25.7 Å². The number of piperidine rings is 1. The summed E-state index contributed by atoms with van der Waals surface area (Å²) in [7, 11) is 0. The molecule has 1 heterocycles. The summed E-state index contributed by atoms with van der Waals surface area (Å²) in [5.74, 6) is -0.0733. The molecule has 0 radical (unpaired) electrons. The highest BCUT2D eigenvalue weighted by Gasteiger charge is 2.37. The third-order valence-electron chi connectivity index (χ3n) is 6.34. The Kier molecular flexibility index (Phi) is 8.49. The molecule has 0 spiro atoms. The van der Waals surface area contributed by atoms with E-state index in [4.69, 9.17) is 14.2 Å². The van der Waals surface area contributed by atoms with Crippen molar-refractivity contribution in [1.29, 1.82) is 0 Å². The maximum Gasteiger partial charge on any atom is 0.410 e. The summed E-state index contributed by atoms with van der Waals surface area (Å²) in [5.41, 5.74) is 1.43. The van der Waals surface area contributed by atoms with Gasteiger partial charge in [-0.15, -0.1) is 0 Å². The summed E-state index contributed by atoms with van der Waals surface area (Å²) in [6.07, 6.45) is -0.561. The van der Waals surface area contributed by atoms with Crippen LogP contribution in [0.3, 0.4) is 0 Å². The Morgan fingerprint density at radius 3 is 2.26 bits per heavy atom. The predicted molar refractivity (Wildman–Crippen MR) is 145 cm³/mol. The molecule has 0 bridgehead atoms. The van der Waals surface area contributed by atoms with Crippen molar-refractivity contribution in [3.05, 3.63) is 106 Å². The zero-order chi connectivity index (χ0) is 28.0. The summed E-state index contributed by atoms with van der Waals surface area (Å²) in [6, 6.07) is 22.8. The Hall–Kier alpha value is -4.40. The van der Waals surface area contributed by atoms with Gasteiger partial charge in [-0.25, -0.2) is 9.59 Å². The van der Waals surface area contributed by atoms with Crippen molar-refractivity contribution in [2.24, 2.45) is 0 Å². The molecule has 1 saturated heterocycles.